The normalized spacial score (nSPS) is 10.2. The summed E-state index contributed by atoms with van der Waals surface area (Å²) in [7, 11) is 0. The SMILES string of the molecule is C#CCOc1ccc2ccccc2c1/C=N\NC(=S)NCC=C. The van der Waals surface area contributed by atoms with E-state index in [1.165, 1.54) is 0 Å². The molecule has 2 rings (SSSR count). The van der Waals surface area contributed by atoms with E-state index in [4.69, 9.17) is 23.4 Å². The lowest BCUT2D eigenvalue weighted by Gasteiger charge is -2.10. The zero-order valence-electron chi connectivity index (χ0n) is 12.6. The molecular formula is C18H17N3OS. The zero-order chi connectivity index (χ0) is 16.5. The van der Waals surface area contributed by atoms with E-state index in [9.17, 15) is 0 Å². The Bertz CT molecular complexity index is 777. The largest absolute Gasteiger partial charge is 0.480 e. The summed E-state index contributed by atoms with van der Waals surface area (Å²) in [6.07, 6.45) is 8.66. The monoisotopic (exact) mass is 323 g/mol. The molecule has 116 valence electrons. The number of hydrazone groups is 1. The summed E-state index contributed by atoms with van der Waals surface area (Å²) >= 11 is 5.09. The van der Waals surface area contributed by atoms with Crippen LogP contribution in [0, 0.1) is 12.3 Å². The molecule has 2 aromatic carbocycles. The molecule has 5 heteroatoms. The molecule has 0 unspecified atom stereocenters. The number of benzene rings is 2. The van der Waals surface area contributed by atoms with Gasteiger partial charge in [-0.3, -0.25) is 5.43 Å². The van der Waals surface area contributed by atoms with Gasteiger partial charge in [0.25, 0.3) is 0 Å². The van der Waals surface area contributed by atoms with Crippen molar-refractivity contribution in [2.45, 2.75) is 0 Å². The highest BCUT2D eigenvalue weighted by Gasteiger charge is 2.06. The van der Waals surface area contributed by atoms with Crippen LogP contribution in [0.3, 0.4) is 0 Å². The average molecular weight is 323 g/mol. The van der Waals surface area contributed by atoms with Crippen molar-refractivity contribution in [1.29, 1.82) is 0 Å². The third-order valence-electron chi connectivity index (χ3n) is 3.01. The van der Waals surface area contributed by atoms with E-state index >= 15 is 0 Å². The lowest BCUT2D eigenvalue weighted by atomic mass is 10.0. The van der Waals surface area contributed by atoms with Crippen LogP contribution in [-0.2, 0) is 0 Å². The molecule has 0 aliphatic carbocycles. The van der Waals surface area contributed by atoms with Crippen LogP contribution in [0.2, 0.25) is 0 Å². The Labute approximate surface area is 141 Å². The summed E-state index contributed by atoms with van der Waals surface area (Å²) in [6.45, 7) is 4.39. The first-order valence-electron chi connectivity index (χ1n) is 7.02. The van der Waals surface area contributed by atoms with Crippen molar-refractivity contribution in [3.8, 4) is 18.1 Å². The second-order valence-electron chi connectivity index (χ2n) is 4.56. The van der Waals surface area contributed by atoms with Crippen molar-refractivity contribution in [2.24, 2.45) is 5.10 Å². The minimum absolute atomic E-state index is 0.200. The molecule has 0 bridgehead atoms. The minimum atomic E-state index is 0.200. The Morgan fingerprint density at radius 3 is 2.96 bits per heavy atom. The fraction of sp³-hybridized carbons (Fsp3) is 0.111. The number of nitrogens with one attached hydrogen (secondary N) is 2. The molecule has 0 saturated heterocycles. The third-order valence-corrected chi connectivity index (χ3v) is 3.24. The van der Waals surface area contributed by atoms with Gasteiger partial charge < -0.3 is 10.1 Å². The predicted octanol–water partition coefficient (Wildman–Crippen LogP) is 2.84. The molecule has 0 atom stereocenters. The Balaban J connectivity index is 2.27. The Morgan fingerprint density at radius 2 is 2.17 bits per heavy atom. The van der Waals surface area contributed by atoms with Gasteiger partial charge in [-0.2, -0.15) is 5.10 Å². The maximum absolute atomic E-state index is 5.60. The van der Waals surface area contributed by atoms with Gasteiger partial charge in [0.05, 0.1) is 6.21 Å². The van der Waals surface area contributed by atoms with E-state index in [0.29, 0.717) is 17.4 Å². The van der Waals surface area contributed by atoms with Gasteiger partial charge in [-0.15, -0.1) is 13.0 Å². The molecule has 0 aromatic heterocycles. The van der Waals surface area contributed by atoms with Gasteiger partial charge in [-0.1, -0.05) is 42.3 Å². The smallest absolute Gasteiger partial charge is 0.187 e. The van der Waals surface area contributed by atoms with Gasteiger partial charge in [0.2, 0.25) is 0 Å². The number of terminal acetylenes is 1. The fourth-order valence-electron chi connectivity index (χ4n) is 2.01. The lowest BCUT2D eigenvalue weighted by Crippen LogP contribution is -2.31. The number of nitrogens with zero attached hydrogens (tertiary/aromatic N) is 1. The maximum atomic E-state index is 5.60. The molecular weight excluding hydrogens is 306 g/mol. The first-order chi connectivity index (χ1) is 11.3. The first-order valence-corrected chi connectivity index (χ1v) is 7.43. The standard InChI is InChI=1S/C18H17N3OS/c1-3-11-19-18(23)21-20-13-16-15-8-6-5-7-14(15)9-10-17(16)22-12-4-2/h2-3,5-10,13H,1,11-12H2,(H2,19,21,23)/b20-13-. The fourth-order valence-corrected chi connectivity index (χ4v) is 2.15. The van der Waals surface area contributed by atoms with E-state index in [2.05, 4.69) is 28.3 Å². The van der Waals surface area contributed by atoms with Gasteiger partial charge in [0.1, 0.15) is 12.4 Å². The highest BCUT2D eigenvalue weighted by atomic mass is 32.1. The highest BCUT2D eigenvalue weighted by molar-refractivity contribution is 7.80. The highest BCUT2D eigenvalue weighted by Crippen LogP contribution is 2.26. The van der Waals surface area contributed by atoms with Gasteiger partial charge in [-0.25, -0.2) is 0 Å². The van der Waals surface area contributed by atoms with Crippen molar-refractivity contribution < 1.29 is 4.74 Å². The van der Waals surface area contributed by atoms with Gasteiger partial charge in [-0.05, 0) is 29.1 Å². The summed E-state index contributed by atoms with van der Waals surface area (Å²) in [4.78, 5) is 0. The molecule has 0 radical (unpaired) electrons. The summed E-state index contributed by atoms with van der Waals surface area (Å²) < 4.78 is 5.60. The predicted molar refractivity (Wildman–Crippen MR) is 99.8 cm³/mol. The van der Waals surface area contributed by atoms with Crippen LogP contribution in [0.4, 0.5) is 0 Å². The van der Waals surface area contributed by atoms with Gasteiger partial charge in [0.15, 0.2) is 5.11 Å². The summed E-state index contributed by atoms with van der Waals surface area (Å²) in [5.41, 5.74) is 3.60. The average Bonchev–Trinajstić information content (AvgIpc) is 2.58. The molecule has 0 saturated carbocycles. The molecule has 0 spiro atoms. The van der Waals surface area contributed by atoms with Gasteiger partial charge in [0, 0.05) is 12.1 Å². The molecule has 0 amide bonds. The van der Waals surface area contributed by atoms with Crippen molar-refractivity contribution in [2.75, 3.05) is 13.2 Å². The Hall–Kier alpha value is -2.84. The van der Waals surface area contributed by atoms with Crippen LogP contribution < -0.4 is 15.5 Å². The van der Waals surface area contributed by atoms with E-state index in [1.807, 2.05) is 36.4 Å². The Kier molecular flexibility index (Phi) is 6.16. The number of thiocarbonyl (C=S) groups is 1. The van der Waals surface area contributed by atoms with Crippen LogP contribution in [-0.4, -0.2) is 24.5 Å². The summed E-state index contributed by atoms with van der Waals surface area (Å²) in [5, 5.41) is 9.65. The van der Waals surface area contributed by atoms with Crippen LogP contribution in [0.15, 0.2) is 54.2 Å². The van der Waals surface area contributed by atoms with Crippen molar-refractivity contribution in [1.82, 2.24) is 10.7 Å². The Morgan fingerprint density at radius 1 is 1.35 bits per heavy atom. The molecule has 0 aliphatic rings. The molecule has 2 N–H and O–H groups in total. The number of hydrogen-bond donors (Lipinski definition) is 2. The second kappa shape index (κ2) is 8.57. The molecule has 0 aliphatic heterocycles. The molecule has 4 nitrogen and oxygen atoms in total. The number of fused-ring (bicyclic) bond motifs is 1. The van der Waals surface area contributed by atoms with E-state index in [0.717, 1.165) is 16.3 Å². The molecule has 2 aromatic rings. The number of rotatable bonds is 6. The van der Waals surface area contributed by atoms with Crippen molar-refractivity contribution >= 4 is 34.3 Å². The van der Waals surface area contributed by atoms with Crippen LogP contribution in [0.1, 0.15) is 5.56 Å². The topological polar surface area (TPSA) is 45.6 Å². The second-order valence-corrected chi connectivity index (χ2v) is 4.97. The molecule has 23 heavy (non-hydrogen) atoms. The zero-order valence-corrected chi connectivity index (χ0v) is 13.4. The van der Waals surface area contributed by atoms with Crippen molar-refractivity contribution in [3.63, 3.8) is 0 Å². The van der Waals surface area contributed by atoms with E-state index < -0.39 is 0 Å². The van der Waals surface area contributed by atoms with Crippen LogP contribution in [0.25, 0.3) is 10.8 Å². The first kappa shape index (κ1) is 16.5. The summed E-state index contributed by atoms with van der Waals surface area (Å²) in [5.74, 6) is 3.14. The number of hydrogen-bond acceptors (Lipinski definition) is 3. The minimum Gasteiger partial charge on any atom is -0.480 e. The number of ether oxygens (including phenoxy) is 1. The van der Waals surface area contributed by atoms with E-state index in [-0.39, 0.29) is 6.61 Å². The molecule has 0 fully saturated rings. The van der Waals surface area contributed by atoms with Crippen molar-refractivity contribution in [3.05, 3.63) is 54.6 Å². The quantitative estimate of drug-likeness (QED) is 0.282. The van der Waals surface area contributed by atoms with Crippen LogP contribution in [0.5, 0.6) is 5.75 Å². The summed E-state index contributed by atoms with van der Waals surface area (Å²) in [6, 6.07) is 11.9. The third kappa shape index (κ3) is 4.56. The molecule has 0 heterocycles. The van der Waals surface area contributed by atoms with Gasteiger partial charge >= 0.3 is 0 Å². The maximum Gasteiger partial charge on any atom is 0.187 e. The lowest BCUT2D eigenvalue weighted by molar-refractivity contribution is 0.370. The van der Waals surface area contributed by atoms with Crippen LogP contribution >= 0.6 is 12.2 Å². The van der Waals surface area contributed by atoms with E-state index in [1.54, 1.807) is 12.3 Å².